The number of hydrogen-bond acceptors (Lipinski definition) is 6. The lowest BCUT2D eigenvalue weighted by Gasteiger charge is -2.34. The highest BCUT2D eigenvalue weighted by atomic mass is 32.2. The van der Waals surface area contributed by atoms with E-state index in [0.717, 1.165) is 11.8 Å². The van der Waals surface area contributed by atoms with Crippen molar-refractivity contribution < 1.29 is 26.4 Å². The number of amides is 1. The number of sulfone groups is 1. The summed E-state index contributed by atoms with van der Waals surface area (Å²) >= 11 is 0. The Morgan fingerprint density at radius 1 is 0.900 bits per heavy atom. The second-order valence-corrected chi connectivity index (χ2v) is 11.0. The van der Waals surface area contributed by atoms with Gasteiger partial charge < -0.3 is 9.64 Å². The van der Waals surface area contributed by atoms with Crippen molar-refractivity contribution >= 4 is 25.8 Å². The van der Waals surface area contributed by atoms with E-state index in [1.54, 1.807) is 29.2 Å². The summed E-state index contributed by atoms with van der Waals surface area (Å²) in [4.78, 5) is 14.1. The molecule has 8 nitrogen and oxygen atoms in total. The minimum atomic E-state index is -3.44. The molecule has 0 unspecified atom stereocenters. The number of carbonyl (C=O) groups is 1. The molecule has 1 saturated heterocycles. The van der Waals surface area contributed by atoms with Crippen LogP contribution in [0.25, 0.3) is 0 Å². The van der Waals surface area contributed by atoms with E-state index in [0.29, 0.717) is 18.8 Å². The first-order valence-corrected chi connectivity index (χ1v) is 12.9. The summed E-state index contributed by atoms with van der Waals surface area (Å²) in [6.45, 7) is 0.870. The molecular weight excluding hydrogens is 428 g/mol. The van der Waals surface area contributed by atoms with E-state index in [4.69, 9.17) is 4.74 Å². The molecule has 1 heterocycles. The van der Waals surface area contributed by atoms with E-state index in [9.17, 15) is 21.6 Å². The maximum absolute atomic E-state index is 12.6. The molecular formula is C20H24N2O6S2. The lowest BCUT2D eigenvalue weighted by atomic mass is 10.2. The SMILES string of the molecule is CS(=O)(=O)c1ccc(OCC(=O)N2CCN(S(=O)(=O)Cc3ccccc3)CC2)cc1. The summed E-state index contributed by atoms with van der Waals surface area (Å²) in [5.41, 5.74) is 0.728. The van der Waals surface area contributed by atoms with Gasteiger partial charge in [-0.25, -0.2) is 16.8 Å². The van der Waals surface area contributed by atoms with Crippen molar-refractivity contribution in [3.05, 3.63) is 60.2 Å². The third-order valence-corrected chi connectivity index (χ3v) is 7.77. The number of carbonyl (C=O) groups excluding carboxylic acids is 1. The Kier molecular flexibility index (Phi) is 6.79. The van der Waals surface area contributed by atoms with Crippen LogP contribution < -0.4 is 4.74 Å². The lowest BCUT2D eigenvalue weighted by molar-refractivity contribution is -0.134. The zero-order valence-electron chi connectivity index (χ0n) is 16.6. The number of sulfonamides is 1. The van der Waals surface area contributed by atoms with Crippen LogP contribution in [0.1, 0.15) is 5.56 Å². The molecule has 0 N–H and O–H groups in total. The molecule has 0 saturated carbocycles. The van der Waals surface area contributed by atoms with Gasteiger partial charge in [0.05, 0.1) is 10.6 Å². The molecule has 1 aliphatic rings. The van der Waals surface area contributed by atoms with Gasteiger partial charge in [-0.1, -0.05) is 30.3 Å². The van der Waals surface area contributed by atoms with E-state index in [-0.39, 0.29) is 36.3 Å². The topological polar surface area (TPSA) is 101 Å². The zero-order valence-corrected chi connectivity index (χ0v) is 18.2. The minimum absolute atomic E-state index is 0.0611. The van der Waals surface area contributed by atoms with Crippen molar-refractivity contribution in [2.45, 2.75) is 10.6 Å². The normalized spacial score (nSPS) is 15.7. The fraction of sp³-hybridized carbons (Fsp3) is 0.350. The highest BCUT2D eigenvalue weighted by Gasteiger charge is 2.29. The van der Waals surface area contributed by atoms with Crippen molar-refractivity contribution in [2.75, 3.05) is 39.0 Å². The molecule has 162 valence electrons. The molecule has 0 aliphatic carbocycles. The molecule has 2 aromatic carbocycles. The first-order valence-electron chi connectivity index (χ1n) is 9.37. The van der Waals surface area contributed by atoms with Gasteiger partial charge in [0, 0.05) is 32.4 Å². The second-order valence-electron chi connectivity index (χ2n) is 7.05. The standard InChI is InChI=1S/C20H24N2O6S2/c1-29(24,25)19-9-7-18(8-10-19)28-15-20(23)21-11-13-22(14-12-21)30(26,27)16-17-5-3-2-4-6-17/h2-10H,11-16H2,1H3. The maximum atomic E-state index is 12.6. The summed E-state index contributed by atoms with van der Waals surface area (Å²) in [7, 11) is -6.73. The summed E-state index contributed by atoms with van der Waals surface area (Å²) in [5, 5.41) is 0. The van der Waals surface area contributed by atoms with Crippen LogP contribution in [-0.4, -0.2) is 71.0 Å². The van der Waals surface area contributed by atoms with E-state index in [2.05, 4.69) is 0 Å². The molecule has 10 heteroatoms. The second kappa shape index (κ2) is 9.15. The highest BCUT2D eigenvalue weighted by Crippen LogP contribution is 2.17. The summed E-state index contributed by atoms with van der Waals surface area (Å²) in [6, 6.07) is 14.8. The molecule has 30 heavy (non-hydrogen) atoms. The third-order valence-electron chi connectivity index (χ3n) is 4.79. The molecule has 0 atom stereocenters. The highest BCUT2D eigenvalue weighted by molar-refractivity contribution is 7.90. The number of nitrogens with zero attached hydrogens (tertiary/aromatic N) is 2. The predicted octanol–water partition coefficient (Wildman–Crippen LogP) is 1.14. The van der Waals surface area contributed by atoms with Crippen LogP contribution in [0.4, 0.5) is 0 Å². The molecule has 2 aromatic rings. The molecule has 0 aromatic heterocycles. The van der Waals surface area contributed by atoms with Gasteiger partial charge in [0.25, 0.3) is 5.91 Å². The molecule has 0 radical (unpaired) electrons. The fourth-order valence-corrected chi connectivity index (χ4v) is 5.26. The average Bonchev–Trinajstić information content (AvgIpc) is 2.72. The van der Waals surface area contributed by atoms with Crippen LogP contribution in [0.5, 0.6) is 5.75 Å². The predicted molar refractivity (Wildman–Crippen MR) is 112 cm³/mol. The first-order chi connectivity index (χ1) is 14.1. The van der Waals surface area contributed by atoms with Crippen molar-refractivity contribution in [1.82, 2.24) is 9.21 Å². The molecule has 0 bridgehead atoms. The summed E-state index contributed by atoms with van der Waals surface area (Å²) in [5.74, 6) is 0.0797. The fourth-order valence-electron chi connectivity index (χ4n) is 3.11. The van der Waals surface area contributed by atoms with Crippen LogP contribution in [0.15, 0.2) is 59.5 Å². The lowest BCUT2D eigenvalue weighted by Crippen LogP contribution is -2.51. The summed E-state index contributed by atoms with van der Waals surface area (Å²) in [6.07, 6.45) is 1.12. The van der Waals surface area contributed by atoms with Gasteiger partial charge in [0.15, 0.2) is 16.4 Å². The smallest absolute Gasteiger partial charge is 0.260 e. The van der Waals surface area contributed by atoms with E-state index >= 15 is 0 Å². The largest absolute Gasteiger partial charge is 0.484 e. The van der Waals surface area contributed by atoms with Crippen LogP contribution >= 0.6 is 0 Å². The van der Waals surface area contributed by atoms with Gasteiger partial charge in [0.1, 0.15) is 5.75 Å². The molecule has 0 spiro atoms. The Balaban J connectivity index is 1.49. The quantitative estimate of drug-likeness (QED) is 0.625. The maximum Gasteiger partial charge on any atom is 0.260 e. The van der Waals surface area contributed by atoms with Gasteiger partial charge >= 0.3 is 0 Å². The van der Waals surface area contributed by atoms with Gasteiger partial charge in [-0.3, -0.25) is 4.79 Å². The molecule has 1 amide bonds. The third kappa shape index (κ3) is 5.80. The average molecular weight is 453 g/mol. The minimum Gasteiger partial charge on any atom is -0.484 e. The molecule has 3 rings (SSSR count). The van der Waals surface area contributed by atoms with Crippen LogP contribution in [0.3, 0.4) is 0 Å². The Bertz CT molecular complexity index is 1080. The van der Waals surface area contributed by atoms with Crippen LogP contribution in [-0.2, 0) is 30.4 Å². The number of benzene rings is 2. The van der Waals surface area contributed by atoms with Gasteiger partial charge in [-0.05, 0) is 29.8 Å². The monoisotopic (exact) mass is 452 g/mol. The van der Waals surface area contributed by atoms with Gasteiger partial charge in [0.2, 0.25) is 10.0 Å². The van der Waals surface area contributed by atoms with Gasteiger partial charge in [-0.15, -0.1) is 0 Å². The van der Waals surface area contributed by atoms with Crippen LogP contribution in [0.2, 0.25) is 0 Å². The van der Waals surface area contributed by atoms with Crippen molar-refractivity contribution in [3.8, 4) is 5.75 Å². The first kappa shape index (κ1) is 22.3. The van der Waals surface area contributed by atoms with Crippen molar-refractivity contribution in [1.29, 1.82) is 0 Å². The van der Waals surface area contributed by atoms with Crippen molar-refractivity contribution in [2.24, 2.45) is 0 Å². The summed E-state index contributed by atoms with van der Waals surface area (Å²) < 4.78 is 55.0. The number of piperazine rings is 1. The van der Waals surface area contributed by atoms with Crippen LogP contribution in [0, 0.1) is 0 Å². The molecule has 1 aliphatic heterocycles. The van der Waals surface area contributed by atoms with Gasteiger partial charge in [-0.2, -0.15) is 4.31 Å². The molecule has 1 fully saturated rings. The zero-order chi connectivity index (χ0) is 21.8. The Hall–Kier alpha value is -2.43. The number of hydrogen-bond donors (Lipinski definition) is 0. The Labute approximate surface area is 177 Å². The van der Waals surface area contributed by atoms with E-state index in [1.807, 2.05) is 6.07 Å². The Morgan fingerprint density at radius 2 is 1.50 bits per heavy atom. The number of ether oxygens (including phenoxy) is 1. The van der Waals surface area contributed by atoms with E-state index < -0.39 is 19.9 Å². The Morgan fingerprint density at radius 3 is 2.07 bits per heavy atom. The van der Waals surface area contributed by atoms with Crippen molar-refractivity contribution in [3.63, 3.8) is 0 Å². The van der Waals surface area contributed by atoms with E-state index in [1.165, 1.54) is 28.6 Å². The number of rotatable bonds is 7.